The molecule has 170 valence electrons. The van der Waals surface area contributed by atoms with Gasteiger partial charge in [-0.3, -0.25) is 14.4 Å². The van der Waals surface area contributed by atoms with Gasteiger partial charge in [-0.15, -0.1) is 22.7 Å². The topological polar surface area (TPSA) is 171 Å². The molecule has 2 saturated heterocycles. The molecule has 3 atom stereocenters. The molecule has 4 heterocycles. The van der Waals surface area contributed by atoms with E-state index >= 15 is 0 Å². The fourth-order valence-corrected chi connectivity index (χ4v) is 6.16. The quantitative estimate of drug-likeness (QED) is 0.153. The maximum absolute atomic E-state index is 12.8. The normalized spacial score (nSPS) is 25.4. The molecule has 2 aliphatic rings. The van der Waals surface area contributed by atoms with Gasteiger partial charge in [-0.05, 0) is 13.0 Å². The van der Waals surface area contributed by atoms with Crippen molar-refractivity contribution < 1.29 is 55.7 Å². The van der Waals surface area contributed by atoms with Crippen molar-refractivity contribution in [3.63, 3.8) is 0 Å². The maximum Gasteiger partial charge on any atom is 1.00 e. The summed E-state index contributed by atoms with van der Waals surface area (Å²) in [5.74, 6) is -2.23. The Bertz CT molecular complexity index is 1160. The van der Waals surface area contributed by atoms with Crippen LogP contribution in [0.4, 0.5) is 5.13 Å². The van der Waals surface area contributed by atoms with Crippen molar-refractivity contribution in [2.75, 3.05) is 5.73 Å². The van der Waals surface area contributed by atoms with Crippen LogP contribution in [-0.4, -0.2) is 59.5 Å². The number of carboxylic acid groups (broad SMARTS) is 1. The first-order chi connectivity index (χ1) is 15.3. The Kier molecular flexibility index (Phi) is 7.86. The zero-order chi connectivity index (χ0) is 23.0. The first kappa shape index (κ1) is 25.6. The van der Waals surface area contributed by atoms with Gasteiger partial charge in [-0.2, -0.15) is 0 Å². The number of nitrogen functional groups attached to an aromatic ring is 1. The van der Waals surface area contributed by atoms with Crippen LogP contribution in [0.3, 0.4) is 0 Å². The molecular weight excluding hydrogens is 499 g/mol. The number of aromatic nitrogens is 2. The number of thioether (sulfide) groups is 1. The minimum atomic E-state index is -2.00. The third kappa shape index (κ3) is 4.68. The standard InChI is InChI=1S/C18H18N6O5S3.Na.H/c1-8-10(31-7-20-8)2-3-18(16(27)28)14(22-11(25)4-9-6-30-17(19)21-9)24-12(26)5-13(24)32-15(18)23-29;;/h2-3,6-7,13-14,29H,4-5H2,1H3,(H2,19,21)(H,22,25)(H,27,28);;/q;+1;-1/t13-,14?,18?;;/m1../s1. The fourth-order valence-electron chi connectivity index (χ4n) is 3.55. The number of aliphatic carboxylic acids is 1. The maximum atomic E-state index is 12.8. The molecule has 2 aromatic heterocycles. The monoisotopic (exact) mass is 518 g/mol. The molecule has 2 aromatic rings. The van der Waals surface area contributed by atoms with Crippen molar-refractivity contribution in [3.8, 4) is 0 Å². The van der Waals surface area contributed by atoms with Crippen LogP contribution in [0.25, 0.3) is 6.08 Å². The van der Waals surface area contributed by atoms with Gasteiger partial charge < -0.3 is 27.7 Å². The Morgan fingerprint density at radius 3 is 2.79 bits per heavy atom. The Morgan fingerprint density at radius 1 is 1.48 bits per heavy atom. The van der Waals surface area contributed by atoms with Crippen molar-refractivity contribution in [1.29, 1.82) is 0 Å². The van der Waals surface area contributed by atoms with Crippen LogP contribution in [-0.2, 0) is 20.8 Å². The first-order valence-electron chi connectivity index (χ1n) is 9.28. The Morgan fingerprint density at radius 2 is 2.24 bits per heavy atom. The number of hydrogen-bond donors (Lipinski definition) is 4. The average molecular weight is 519 g/mol. The number of amides is 2. The summed E-state index contributed by atoms with van der Waals surface area (Å²) >= 11 is 3.47. The van der Waals surface area contributed by atoms with Crippen LogP contribution in [0.5, 0.6) is 0 Å². The van der Waals surface area contributed by atoms with E-state index < -0.39 is 28.8 Å². The largest absolute Gasteiger partial charge is 1.00 e. The second kappa shape index (κ2) is 10.1. The van der Waals surface area contributed by atoms with E-state index in [0.717, 1.165) is 11.8 Å². The third-order valence-electron chi connectivity index (χ3n) is 5.19. The number of aryl methyl sites for hydroxylation is 1. The van der Waals surface area contributed by atoms with Gasteiger partial charge in [-0.25, -0.2) is 9.97 Å². The minimum absolute atomic E-state index is 0. The smallest absolute Gasteiger partial charge is 1.00 e. The van der Waals surface area contributed by atoms with E-state index in [4.69, 9.17) is 5.73 Å². The van der Waals surface area contributed by atoms with Gasteiger partial charge >= 0.3 is 35.5 Å². The summed E-state index contributed by atoms with van der Waals surface area (Å²) in [6.45, 7) is 1.77. The van der Waals surface area contributed by atoms with E-state index in [0.29, 0.717) is 21.4 Å². The van der Waals surface area contributed by atoms with Gasteiger partial charge in [0.05, 0.1) is 35.1 Å². The van der Waals surface area contributed by atoms with Gasteiger partial charge in [0.2, 0.25) is 11.8 Å². The number of carbonyl (C=O) groups is 3. The van der Waals surface area contributed by atoms with Gasteiger partial charge in [0, 0.05) is 10.3 Å². The average Bonchev–Trinajstić information content (AvgIpc) is 3.33. The zero-order valence-corrected chi connectivity index (χ0v) is 22.0. The van der Waals surface area contributed by atoms with E-state index in [1.165, 1.54) is 33.6 Å². The summed E-state index contributed by atoms with van der Waals surface area (Å²) in [5, 5.41) is 27.3. The molecule has 2 aliphatic heterocycles. The van der Waals surface area contributed by atoms with Crippen LogP contribution in [0.1, 0.15) is 24.1 Å². The zero-order valence-electron chi connectivity index (χ0n) is 18.6. The number of hydrogen-bond acceptors (Lipinski definition) is 11. The van der Waals surface area contributed by atoms with E-state index in [1.807, 2.05) is 0 Å². The summed E-state index contributed by atoms with van der Waals surface area (Å²) in [5.41, 5.74) is 6.34. The van der Waals surface area contributed by atoms with Crippen LogP contribution in [0.15, 0.2) is 22.1 Å². The number of carboxylic acids is 1. The number of thiazole rings is 2. The summed E-state index contributed by atoms with van der Waals surface area (Å²) in [4.78, 5) is 48.1. The summed E-state index contributed by atoms with van der Waals surface area (Å²) in [6, 6.07) is 0. The number of fused-ring (bicyclic) bond motifs is 1. The fraction of sp³-hybridized carbons (Fsp3) is 0.333. The molecule has 0 aliphatic carbocycles. The van der Waals surface area contributed by atoms with Crippen molar-refractivity contribution in [3.05, 3.63) is 33.2 Å². The molecule has 2 fully saturated rings. The summed E-state index contributed by atoms with van der Waals surface area (Å²) in [6.07, 6.45) is 1.59. The SMILES string of the molecule is Cc1ncsc1C=CC1(C(=O)O)C(=NO)S[C@@H]2CC(=O)N2C1NC(=O)Cc1csc(N)n1.[H-].[Na+]. The molecule has 15 heteroatoms. The predicted octanol–water partition coefficient (Wildman–Crippen LogP) is -1.53. The molecule has 2 unspecified atom stereocenters. The number of nitrogens with zero attached hydrogens (tertiary/aromatic N) is 4. The number of β-lactam (4-membered cyclic amide) rings is 1. The Balaban J connectivity index is 0.00000204. The van der Waals surface area contributed by atoms with Crippen LogP contribution in [0.2, 0.25) is 0 Å². The molecule has 11 nitrogen and oxygen atoms in total. The van der Waals surface area contributed by atoms with Gasteiger partial charge in [0.15, 0.2) is 10.5 Å². The predicted molar refractivity (Wildman–Crippen MR) is 121 cm³/mol. The van der Waals surface area contributed by atoms with Gasteiger partial charge in [0.25, 0.3) is 0 Å². The molecular formula is C18H19N6NaO5S3. The molecule has 0 spiro atoms. The van der Waals surface area contributed by atoms with Crippen molar-refractivity contribution in [1.82, 2.24) is 20.2 Å². The van der Waals surface area contributed by atoms with Crippen molar-refractivity contribution in [2.45, 2.75) is 31.3 Å². The molecule has 0 aromatic carbocycles. The van der Waals surface area contributed by atoms with E-state index in [9.17, 15) is 24.7 Å². The molecule has 4 rings (SSSR count). The molecule has 33 heavy (non-hydrogen) atoms. The Hall–Kier alpha value is -1.97. The van der Waals surface area contributed by atoms with Crippen LogP contribution < -0.4 is 40.6 Å². The second-order valence-corrected chi connectivity index (χ2v) is 10.1. The minimum Gasteiger partial charge on any atom is -1.00 e. The number of carbonyl (C=O) groups excluding carboxylic acids is 2. The number of nitrogens with one attached hydrogen (secondary N) is 1. The van der Waals surface area contributed by atoms with Gasteiger partial charge in [-0.1, -0.05) is 23.0 Å². The van der Waals surface area contributed by atoms with Crippen LogP contribution >= 0.6 is 34.4 Å². The molecule has 0 bridgehead atoms. The molecule has 5 N–H and O–H groups in total. The number of nitrogens with two attached hydrogens (primary N) is 1. The summed E-state index contributed by atoms with van der Waals surface area (Å²) < 4.78 is 0. The molecule has 0 radical (unpaired) electrons. The van der Waals surface area contributed by atoms with E-state index in [2.05, 4.69) is 20.4 Å². The van der Waals surface area contributed by atoms with Crippen molar-refractivity contribution in [2.24, 2.45) is 10.6 Å². The van der Waals surface area contributed by atoms with E-state index in [-0.39, 0.29) is 54.8 Å². The molecule has 0 saturated carbocycles. The second-order valence-electron chi connectivity index (χ2n) is 7.12. The van der Waals surface area contributed by atoms with Crippen molar-refractivity contribution >= 4 is 68.5 Å². The van der Waals surface area contributed by atoms with Gasteiger partial charge in [0.1, 0.15) is 11.2 Å². The van der Waals surface area contributed by atoms with Crippen LogP contribution in [0, 0.1) is 12.3 Å². The Labute approximate surface area is 223 Å². The summed E-state index contributed by atoms with van der Waals surface area (Å²) in [7, 11) is 0. The first-order valence-corrected chi connectivity index (χ1v) is 11.9. The van der Waals surface area contributed by atoms with E-state index in [1.54, 1.807) is 23.9 Å². The number of anilines is 1. The number of oxime groups is 1. The number of rotatable bonds is 6. The third-order valence-corrected chi connectivity index (χ3v) is 8.12. The molecule has 2 amide bonds.